The summed E-state index contributed by atoms with van der Waals surface area (Å²) >= 11 is 0. The van der Waals surface area contributed by atoms with E-state index in [9.17, 15) is 4.79 Å². The van der Waals surface area contributed by atoms with Crippen molar-refractivity contribution in [1.29, 1.82) is 0 Å². The van der Waals surface area contributed by atoms with Gasteiger partial charge in [-0.25, -0.2) is 0 Å². The van der Waals surface area contributed by atoms with E-state index in [0.717, 1.165) is 11.1 Å². The molecule has 0 aliphatic carbocycles. The van der Waals surface area contributed by atoms with Crippen LogP contribution >= 0.6 is 0 Å². The molecule has 100 valence electrons. The highest BCUT2D eigenvalue weighted by Crippen LogP contribution is 2.19. The Hall–Kier alpha value is -2.14. The number of hydrogen-bond acceptors (Lipinski definition) is 5. The van der Waals surface area contributed by atoms with Gasteiger partial charge in [-0.15, -0.1) is 0 Å². The number of nitrogens with zero attached hydrogens (tertiary/aromatic N) is 1. The normalized spacial score (nSPS) is 12.1. The Morgan fingerprint density at radius 3 is 2.68 bits per heavy atom. The number of ether oxygens (including phenoxy) is 1. The van der Waals surface area contributed by atoms with Crippen LogP contribution in [0.3, 0.4) is 0 Å². The van der Waals surface area contributed by atoms with E-state index in [1.54, 1.807) is 19.2 Å². The monoisotopic (exact) mass is 260 g/mol. The first-order chi connectivity index (χ1) is 9.20. The van der Waals surface area contributed by atoms with Crippen LogP contribution in [0.25, 0.3) is 11.3 Å². The Morgan fingerprint density at radius 1 is 1.37 bits per heavy atom. The van der Waals surface area contributed by atoms with E-state index in [0.29, 0.717) is 18.8 Å². The summed E-state index contributed by atoms with van der Waals surface area (Å²) in [5.74, 6) is 0.336. The van der Waals surface area contributed by atoms with Crippen molar-refractivity contribution in [2.24, 2.45) is 5.73 Å². The number of hydrogen-bond donors (Lipinski definition) is 1. The summed E-state index contributed by atoms with van der Waals surface area (Å²) in [6, 6.07) is 8.81. The maximum Gasteiger partial charge on any atom is 0.323 e. The zero-order valence-electron chi connectivity index (χ0n) is 10.7. The van der Waals surface area contributed by atoms with Gasteiger partial charge in [0.1, 0.15) is 6.04 Å². The highest BCUT2D eigenvalue weighted by atomic mass is 16.5. The minimum absolute atomic E-state index is 0.344. The molecule has 5 heteroatoms. The molecule has 5 nitrogen and oxygen atoms in total. The Bertz CT molecular complexity index is 520. The number of benzene rings is 1. The smallest absolute Gasteiger partial charge is 0.323 e. The summed E-state index contributed by atoms with van der Waals surface area (Å²) in [6.45, 7) is 2.10. The quantitative estimate of drug-likeness (QED) is 0.829. The molecule has 2 N–H and O–H groups in total. The molecule has 0 fully saturated rings. The van der Waals surface area contributed by atoms with Crippen LogP contribution in [0.4, 0.5) is 0 Å². The van der Waals surface area contributed by atoms with Crippen LogP contribution in [0.2, 0.25) is 0 Å². The second-order valence-corrected chi connectivity index (χ2v) is 4.14. The van der Waals surface area contributed by atoms with E-state index >= 15 is 0 Å². The third-order valence-electron chi connectivity index (χ3n) is 2.72. The van der Waals surface area contributed by atoms with Gasteiger partial charge in [-0.1, -0.05) is 29.4 Å². The zero-order chi connectivity index (χ0) is 13.7. The average Bonchev–Trinajstić information content (AvgIpc) is 2.94. The van der Waals surface area contributed by atoms with Crippen LogP contribution in [0.1, 0.15) is 12.5 Å². The van der Waals surface area contributed by atoms with Gasteiger partial charge < -0.3 is 15.0 Å². The van der Waals surface area contributed by atoms with Crippen LogP contribution in [0.15, 0.2) is 41.1 Å². The summed E-state index contributed by atoms with van der Waals surface area (Å²) in [4.78, 5) is 11.4. The first kappa shape index (κ1) is 13.3. The van der Waals surface area contributed by atoms with E-state index in [4.69, 9.17) is 15.0 Å². The fourth-order valence-corrected chi connectivity index (χ4v) is 1.76. The lowest BCUT2D eigenvalue weighted by molar-refractivity contribution is -0.144. The molecule has 0 spiro atoms. The Kier molecular flexibility index (Phi) is 4.30. The number of carbonyl (C=O) groups is 1. The molecule has 0 radical (unpaired) electrons. The number of rotatable bonds is 5. The van der Waals surface area contributed by atoms with Crippen LogP contribution < -0.4 is 5.73 Å². The molecule has 0 bridgehead atoms. The van der Waals surface area contributed by atoms with Crippen molar-refractivity contribution in [3.63, 3.8) is 0 Å². The predicted molar refractivity (Wildman–Crippen MR) is 70.3 cm³/mol. The molecule has 2 aromatic rings. The molecule has 2 rings (SSSR count). The third-order valence-corrected chi connectivity index (χ3v) is 2.72. The van der Waals surface area contributed by atoms with Gasteiger partial charge in [-0.3, -0.25) is 4.79 Å². The lowest BCUT2D eigenvalue weighted by Crippen LogP contribution is -2.34. The van der Waals surface area contributed by atoms with Crippen molar-refractivity contribution < 1.29 is 14.1 Å². The molecule has 0 aliphatic heterocycles. The summed E-state index contributed by atoms with van der Waals surface area (Å²) < 4.78 is 9.93. The van der Waals surface area contributed by atoms with Gasteiger partial charge in [0.15, 0.2) is 5.76 Å². The molecule has 1 heterocycles. The van der Waals surface area contributed by atoms with Gasteiger partial charge in [0.05, 0.1) is 12.8 Å². The maximum absolute atomic E-state index is 11.4. The SMILES string of the molecule is CCOC(=O)[C@H](N)Cc1ccc(-c2ccno2)cc1. The fourth-order valence-electron chi connectivity index (χ4n) is 1.76. The van der Waals surface area contributed by atoms with Crippen molar-refractivity contribution in [3.8, 4) is 11.3 Å². The molecule has 0 saturated heterocycles. The third kappa shape index (κ3) is 3.42. The van der Waals surface area contributed by atoms with Crippen LogP contribution in [0, 0.1) is 0 Å². The highest BCUT2D eigenvalue weighted by molar-refractivity contribution is 5.75. The standard InChI is InChI=1S/C14H16N2O3/c1-2-18-14(17)12(15)9-10-3-5-11(6-4-10)13-7-8-16-19-13/h3-8,12H,2,9,15H2,1H3/t12-/m1/s1. The molecular weight excluding hydrogens is 244 g/mol. The molecule has 1 aromatic heterocycles. The summed E-state index contributed by atoms with van der Waals surface area (Å²) in [7, 11) is 0. The summed E-state index contributed by atoms with van der Waals surface area (Å²) in [6.07, 6.45) is 2.05. The highest BCUT2D eigenvalue weighted by Gasteiger charge is 2.15. The Morgan fingerprint density at radius 2 is 2.11 bits per heavy atom. The second kappa shape index (κ2) is 6.15. The number of carbonyl (C=O) groups excluding carboxylic acids is 1. The molecule has 0 unspecified atom stereocenters. The van der Waals surface area contributed by atoms with Gasteiger partial charge in [0, 0.05) is 11.6 Å². The Labute approximate surface area is 111 Å². The number of aromatic nitrogens is 1. The fraction of sp³-hybridized carbons (Fsp3) is 0.286. The average molecular weight is 260 g/mol. The second-order valence-electron chi connectivity index (χ2n) is 4.14. The molecule has 1 atom stereocenters. The van der Waals surface area contributed by atoms with E-state index < -0.39 is 6.04 Å². The van der Waals surface area contributed by atoms with Gasteiger partial charge in [0.25, 0.3) is 0 Å². The Balaban J connectivity index is 2.01. The van der Waals surface area contributed by atoms with Crippen molar-refractivity contribution in [3.05, 3.63) is 42.1 Å². The van der Waals surface area contributed by atoms with Crippen LogP contribution in [-0.4, -0.2) is 23.8 Å². The van der Waals surface area contributed by atoms with Crippen molar-refractivity contribution in [1.82, 2.24) is 5.16 Å². The first-order valence-corrected chi connectivity index (χ1v) is 6.13. The van der Waals surface area contributed by atoms with Crippen LogP contribution in [-0.2, 0) is 16.0 Å². The topological polar surface area (TPSA) is 78.4 Å². The molecular formula is C14H16N2O3. The lowest BCUT2D eigenvalue weighted by Gasteiger charge is -2.10. The van der Waals surface area contributed by atoms with Crippen LogP contribution in [0.5, 0.6) is 0 Å². The van der Waals surface area contributed by atoms with E-state index in [1.165, 1.54) is 0 Å². The molecule has 0 aliphatic rings. The van der Waals surface area contributed by atoms with E-state index in [-0.39, 0.29) is 5.97 Å². The lowest BCUT2D eigenvalue weighted by atomic mass is 10.0. The minimum Gasteiger partial charge on any atom is -0.465 e. The molecule has 19 heavy (non-hydrogen) atoms. The molecule has 0 saturated carbocycles. The van der Waals surface area contributed by atoms with Crippen molar-refractivity contribution in [2.45, 2.75) is 19.4 Å². The van der Waals surface area contributed by atoms with E-state index in [1.807, 2.05) is 24.3 Å². The number of esters is 1. The predicted octanol–water partition coefficient (Wildman–Crippen LogP) is 1.77. The largest absolute Gasteiger partial charge is 0.465 e. The van der Waals surface area contributed by atoms with Gasteiger partial charge >= 0.3 is 5.97 Å². The van der Waals surface area contributed by atoms with E-state index in [2.05, 4.69) is 5.16 Å². The van der Waals surface area contributed by atoms with Gasteiger partial charge in [0.2, 0.25) is 0 Å². The molecule has 0 amide bonds. The van der Waals surface area contributed by atoms with Crippen molar-refractivity contribution in [2.75, 3.05) is 6.61 Å². The van der Waals surface area contributed by atoms with Gasteiger partial charge in [-0.2, -0.15) is 0 Å². The number of nitrogens with two attached hydrogens (primary N) is 1. The summed E-state index contributed by atoms with van der Waals surface area (Å²) in [5.41, 5.74) is 7.68. The van der Waals surface area contributed by atoms with Gasteiger partial charge in [-0.05, 0) is 18.9 Å². The molecule has 1 aromatic carbocycles. The zero-order valence-corrected chi connectivity index (χ0v) is 10.7. The minimum atomic E-state index is -0.629. The first-order valence-electron chi connectivity index (χ1n) is 6.13. The van der Waals surface area contributed by atoms with Crippen molar-refractivity contribution >= 4 is 5.97 Å². The summed E-state index contributed by atoms with van der Waals surface area (Å²) in [5, 5.41) is 3.66. The maximum atomic E-state index is 11.4.